The second-order valence-corrected chi connectivity index (χ2v) is 5.92. The smallest absolute Gasteiger partial charge is 0.113 e. The number of fused-ring (bicyclic) bond motifs is 1. The molecule has 0 aliphatic carbocycles. The minimum absolute atomic E-state index is 0.561. The average Bonchev–Trinajstić information content (AvgIpc) is 2.93. The highest BCUT2D eigenvalue weighted by Crippen LogP contribution is 2.16. The van der Waals surface area contributed by atoms with Crippen LogP contribution in [0.15, 0.2) is 58.7 Å². The van der Waals surface area contributed by atoms with Crippen LogP contribution in [0.4, 0.5) is 0 Å². The molecule has 4 nitrogen and oxygen atoms in total. The van der Waals surface area contributed by atoms with Gasteiger partial charge in [0.05, 0.1) is 23.2 Å². The highest BCUT2D eigenvalue weighted by molar-refractivity contribution is 6.31. The topological polar surface area (TPSA) is 53.4 Å². The second kappa shape index (κ2) is 6.75. The third-order valence-electron chi connectivity index (χ3n) is 3.30. The Kier molecular flexibility index (Phi) is 4.53. The van der Waals surface area contributed by atoms with Crippen LogP contribution < -0.4 is 0 Å². The van der Waals surface area contributed by atoms with Crippen LogP contribution in [0.5, 0.6) is 0 Å². The molecule has 0 aliphatic heterocycles. The monoisotopic (exact) mass is 324 g/mol. The molecule has 0 radical (unpaired) electrons. The van der Waals surface area contributed by atoms with E-state index in [2.05, 4.69) is 20.2 Å². The highest BCUT2D eigenvalue weighted by atomic mass is 35.5. The molecule has 23 heavy (non-hydrogen) atoms. The van der Waals surface area contributed by atoms with Gasteiger partial charge in [0.25, 0.3) is 0 Å². The molecule has 1 aromatic heterocycles. The van der Waals surface area contributed by atoms with E-state index in [1.807, 2.05) is 62.4 Å². The van der Waals surface area contributed by atoms with Crippen molar-refractivity contribution in [2.45, 2.75) is 20.3 Å². The molecule has 3 rings (SSSR count). The Balaban J connectivity index is 1.98. The maximum atomic E-state index is 6.10. The first-order valence-corrected chi connectivity index (χ1v) is 7.77. The summed E-state index contributed by atoms with van der Waals surface area (Å²) >= 11 is 6.10. The van der Waals surface area contributed by atoms with Gasteiger partial charge in [0.15, 0.2) is 0 Å². The number of H-pyrrole nitrogens is 1. The summed E-state index contributed by atoms with van der Waals surface area (Å²) < 4.78 is 0. The van der Waals surface area contributed by atoms with Gasteiger partial charge >= 0.3 is 0 Å². The molecular formula is C18H17ClN4. The predicted molar refractivity (Wildman–Crippen MR) is 96.6 cm³/mol. The van der Waals surface area contributed by atoms with Gasteiger partial charge in [-0.1, -0.05) is 35.9 Å². The summed E-state index contributed by atoms with van der Waals surface area (Å²) in [4.78, 5) is 7.93. The Bertz CT molecular complexity index is 856. The number of benzene rings is 2. The Morgan fingerprint density at radius 2 is 1.91 bits per heavy atom. The molecule has 0 saturated carbocycles. The summed E-state index contributed by atoms with van der Waals surface area (Å²) in [6.07, 6.45) is 0.561. The summed E-state index contributed by atoms with van der Waals surface area (Å²) in [5, 5.41) is 9.26. The van der Waals surface area contributed by atoms with Crippen LogP contribution in [0.3, 0.4) is 0 Å². The van der Waals surface area contributed by atoms with Crippen LogP contribution in [0, 0.1) is 0 Å². The average molecular weight is 325 g/mol. The quantitative estimate of drug-likeness (QED) is 0.551. The van der Waals surface area contributed by atoms with Gasteiger partial charge in [0.1, 0.15) is 5.82 Å². The molecule has 116 valence electrons. The molecule has 0 atom stereocenters. The Morgan fingerprint density at radius 1 is 1.09 bits per heavy atom. The summed E-state index contributed by atoms with van der Waals surface area (Å²) in [5.41, 5.74) is 4.64. The normalized spacial score (nSPS) is 11.7. The van der Waals surface area contributed by atoms with E-state index in [-0.39, 0.29) is 0 Å². The molecule has 1 heterocycles. The second-order valence-electron chi connectivity index (χ2n) is 5.48. The molecule has 0 spiro atoms. The van der Waals surface area contributed by atoms with E-state index in [0.717, 1.165) is 33.8 Å². The van der Waals surface area contributed by atoms with Gasteiger partial charge in [-0.2, -0.15) is 10.2 Å². The Hall–Kier alpha value is -2.46. The molecule has 0 fully saturated rings. The number of aromatic amines is 1. The van der Waals surface area contributed by atoms with Gasteiger partial charge in [-0.3, -0.25) is 0 Å². The number of nitrogens with one attached hydrogen (secondary N) is 1. The van der Waals surface area contributed by atoms with Gasteiger partial charge in [-0.05, 0) is 43.7 Å². The fourth-order valence-electron chi connectivity index (χ4n) is 2.27. The first kappa shape index (κ1) is 15.4. The van der Waals surface area contributed by atoms with Crippen LogP contribution in [0.2, 0.25) is 5.02 Å². The zero-order valence-electron chi connectivity index (χ0n) is 13.0. The van der Waals surface area contributed by atoms with E-state index < -0.39 is 0 Å². The van der Waals surface area contributed by atoms with Crippen molar-refractivity contribution in [1.82, 2.24) is 9.97 Å². The molecule has 0 amide bonds. The number of hydrogen-bond acceptors (Lipinski definition) is 3. The maximum absolute atomic E-state index is 6.10. The number of hydrogen-bond donors (Lipinski definition) is 1. The zero-order valence-corrected chi connectivity index (χ0v) is 13.8. The van der Waals surface area contributed by atoms with Crippen molar-refractivity contribution in [2.24, 2.45) is 10.2 Å². The summed E-state index contributed by atoms with van der Waals surface area (Å²) in [6, 6.07) is 15.6. The minimum atomic E-state index is 0.561. The van der Waals surface area contributed by atoms with Gasteiger partial charge in [0.2, 0.25) is 0 Å². The van der Waals surface area contributed by atoms with Crippen LogP contribution in [-0.4, -0.2) is 21.4 Å². The molecule has 0 saturated heterocycles. The van der Waals surface area contributed by atoms with Gasteiger partial charge in [0, 0.05) is 10.7 Å². The summed E-state index contributed by atoms with van der Waals surface area (Å²) in [6.45, 7) is 3.83. The lowest BCUT2D eigenvalue weighted by Gasteiger charge is -2.04. The SMILES string of the molecule is CC(C)=N/N=C(/Cc1nc2ccccc2[nH]1)c1cccc(Cl)c1. The number of nitrogens with zero attached hydrogens (tertiary/aromatic N) is 3. The minimum Gasteiger partial charge on any atom is -0.342 e. The molecule has 0 bridgehead atoms. The molecule has 0 unspecified atom stereocenters. The highest BCUT2D eigenvalue weighted by Gasteiger charge is 2.10. The number of aromatic nitrogens is 2. The van der Waals surface area contributed by atoms with Crippen molar-refractivity contribution >= 4 is 34.1 Å². The van der Waals surface area contributed by atoms with Crippen molar-refractivity contribution in [3.05, 3.63) is 64.9 Å². The lowest BCUT2D eigenvalue weighted by atomic mass is 10.1. The third-order valence-corrected chi connectivity index (χ3v) is 3.54. The fourth-order valence-corrected chi connectivity index (χ4v) is 2.46. The fraction of sp³-hybridized carbons (Fsp3) is 0.167. The maximum Gasteiger partial charge on any atom is 0.113 e. The molecule has 3 aromatic rings. The zero-order chi connectivity index (χ0) is 16.2. The lowest BCUT2D eigenvalue weighted by Crippen LogP contribution is -2.06. The van der Waals surface area contributed by atoms with Crippen molar-refractivity contribution in [3.63, 3.8) is 0 Å². The van der Waals surface area contributed by atoms with Gasteiger partial charge in [-0.15, -0.1) is 0 Å². The number of rotatable bonds is 4. The molecular weight excluding hydrogens is 308 g/mol. The molecule has 5 heteroatoms. The van der Waals surface area contributed by atoms with E-state index in [0.29, 0.717) is 11.4 Å². The van der Waals surface area contributed by atoms with Gasteiger partial charge in [-0.25, -0.2) is 4.98 Å². The largest absolute Gasteiger partial charge is 0.342 e. The van der Waals surface area contributed by atoms with Crippen molar-refractivity contribution in [1.29, 1.82) is 0 Å². The van der Waals surface area contributed by atoms with Crippen molar-refractivity contribution < 1.29 is 0 Å². The molecule has 2 aromatic carbocycles. The van der Waals surface area contributed by atoms with Crippen LogP contribution >= 0.6 is 11.6 Å². The van der Waals surface area contributed by atoms with E-state index in [1.165, 1.54) is 0 Å². The molecule has 1 N–H and O–H groups in total. The van der Waals surface area contributed by atoms with Crippen molar-refractivity contribution in [3.8, 4) is 0 Å². The third kappa shape index (κ3) is 3.85. The van der Waals surface area contributed by atoms with Crippen LogP contribution in [-0.2, 0) is 6.42 Å². The van der Waals surface area contributed by atoms with Crippen LogP contribution in [0.25, 0.3) is 11.0 Å². The Morgan fingerprint density at radius 3 is 2.65 bits per heavy atom. The number of para-hydroxylation sites is 2. The van der Waals surface area contributed by atoms with E-state index in [4.69, 9.17) is 11.6 Å². The van der Waals surface area contributed by atoms with E-state index in [9.17, 15) is 0 Å². The van der Waals surface area contributed by atoms with E-state index >= 15 is 0 Å². The van der Waals surface area contributed by atoms with Crippen molar-refractivity contribution in [2.75, 3.05) is 0 Å². The standard InChI is InChI=1S/C18H17ClN4/c1-12(2)22-23-17(13-6-5-7-14(19)10-13)11-18-20-15-8-3-4-9-16(15)21-18/h3-10H,11H2,1-2H3,(H,20,21)/b23-17-. The van der Waals surface area contributed by atoms with Crippen LogP contribution in [0.1, 0.15) is 25.2 Å². The molecule has 0 aliphatic rings. The summed E-state index contributed by atoms with van der Waals surface area (Å²) in [7, 11) is 0. The Labute approximate surface area is 139 Å². The predicted octanol–water partition coefficient (Wildman–Crippen LogP) is 4.64. The van der Waals surface area contributed by atoms with Gasteiger partial charge < -0.3 is 4.98 Å². The number of halogens is 1. The summed E-state index contributed by atoms with van der Waals surface area (Å²) in [5.74, 6) is 0.855. The lowest BCUT2D eigenvalue weighted by molar-refractivity contribution is 1.08. The first-order valence-electron chi connectivity index (χ1n) is 7.39. The number of imidazole rings is 1. The first-order chi connectivity index (χ1) is 11.1. The van der Waals surface area contributed by atoms with E-state index in [1.54, 1.807) is 0 Å².